The molecule has 2 aliphatic heterocycles. The number of carbonyl (C=O) groups is 2. The predicted octanol–water partition coefficient (Wildman–Crippen LogP) is 0.536. The van der Waals surface area contributed by atoms with Crippen LogP contribution >= 0.6 is 0 Å². The topological polar surface area (TPSA) is 100 Å². The molecule has 3 amide bonds. The maximum Gasteiger partial charge on any atom is 0.319 e. The van der Waals surface area contributed by atoms with Crippen molar-refractivity contribution in [2.75, 3.05) is 33.9 Å². The number of urea groups is 1. The number of rotatable bonds is 6. The smallest absolute Gasteiger partial charge is 0.319 e. The molecule has 1 aromatic rings. The van der Waals surface area contributed by atoms with Crippen molar-refractivity contribution < 1.29 is 24.2 Å². The molecule has 3 N–H and O–H groups in total. The second kappa shape index (κ2) is 7.02. The molecule has 2 aliphatic rings. The number of amides is 3. The van der Waals surface area contributed by atoms with Gasteiger partial charge in [-0.3, -0.25) is 4.79 Å². The van der Waals surface area contributed by atoms with Crippen LogP contribution in [0, 0.1) is 0 Å². The number of ether oxygens (including phenoxy) is 2. The number of methoxy groups -OCH3 is 2. The van der Waals surface area contributed by atoms with E-state index < -0.39 is 6.04 Å². The van der Waals surface area contributed by atoms with Gasteiger partial charge in [0.1, 0.15) is 11.5 Å². The van der Waals surface area contributed by atoms with Gasteiger partial charge in [0, 0.05) is 18.7 Å². The van der Waals surface area contributed by atoms with Crippen LogP contribution in [0.1, 0.15) is 18.0 Å². The van der Waals surface area contributed by atoms with E-state index in [0.29, 0.717) is 47.8 Å². The summed E-state index contributed by atoms with van der Waals surface area (Å²) in [6.45, 7) is 0.761. The first-order valence-corrected chi connectivity index (χ1v) is 8.01. The molecule has 8 heteroatoms. The van der Waals surface area contributed by atoms with Crippen molar-refractivity contribution in [2.24, 2.45) is 0 Å². The predicted molar refractivity (Wildman–Crippen MR) is 89.3 cm³/mol. The molecular formula is C17H21N3O5. The standard InChI is InChI=1S/C17H21N3O5/c1-24-10-4-5-13(25-2)11(8-10)15-14-12(18-17(23)19-15)9-20(16(14)22)6-3-7-21/h4-5,8,15,21H,3,6-7,9H2,1-2H3,(H2,18,19,23). The summed E-state index contributed by atoms with van der Waals surface area (Å²) >= 11 is 0. The molecule has 0 saturated carbocycles. The Kier molecular flexibility index (Phi) is 4.80. The average molecular weight is 347 g/mol. The van der Waals surface area contributed by atoms with Crippen molar-refractivity contribution in [3.63, 3.8) is 0 Å². The highest BCUT2D eigenvalue weighted by molar-refractivity contribution is 6.01. The number of hydrogen-bond donors (Lipinski definition) is 3. The lowest BCUT2D eigenvalue weighted by Gasteiger charge is -2.27. The summed E-state index contributed by atoms with van der Waals surface area (Å²) in [6.07, 6.45) is 0.487. The fourth-order valence-corrected chi connectivity index (χ4v) is 3.17. The second-order valence-corrected chi connectivity index (χ2v) is 5.84. The van der Waals surface area contributed by atoms with Crippen LogP contribution in [0.25, 0.3) is 0 Å². The van der Waals surface area contributed by atoms with Gasteiger partial charge in [0.15, 0.2) is 0 Å². The Morgan fingerprint density at radius 2 is 2.08 bits per heavy atom. The minimum Gasteiger partial charge on any atom is -0.497 e. The van der Waals surface area contributed by atoms with Crippen LogP contribution in [0.15, 0.2) is 29.5 Å². The number of carbonyl (C=O) groups excluding carboxylic acids is 2. The Hall–Kier alpha value is -2.74. The zero-order valence-corrected chi connectivity index (χ0v) is 14.2. The maximum absolute atomic E-state index is 12.8. The molecule has 0 spiro atoms. The Labute approximate surface area is 145 Å². The molecule has 8 nitrogen and oxygen atoms in total. The minimum atomic E-state index is -0.625. The first-order valence-electron chi connectivity index (χ1n) is 8.01. The molecule has 0 radical (unpaired) electrons. The Bertz CT molecular complexity index is 731. The number of hydrogen-bond acceptors (Lipinski definition) is 5. The number of aliphatic hydroxyl groups is 1. The third-order valence-electron chi connectivity index (χ3n) is 4.35. The van der Waals surface area contributed by atoms with Crippen molar-refractivity contribution in [1.29, 1.82) is 0 Å². The fraction of sp³-hybridized carbons (Fsp3) is 0.412. The van der Waals surface area contributed by atoms with E-state index in [-0.39, 0.29) is 18.5 Å². The van der Waals surface area contributed by atoms with Gasteiger partial charge in [0.2, 0.25) is 0 Å². The van der Waals surface area contributed by atoms with Crippen LogP contribution in [0.5, 0.6) is 11.5 Å². The average Bonchev–Trinajstić information content (AvgIpc) is 2.94. The molecule has 1 atom stereocenters. The van der Waals surface area contributed by atoms with E-state index in [0.717, 1.165) is 0 Å². The highest BCUT2D eigenvalue weighted by Gasteiger charge is 2.41. The van der Waals surface area contributed by atoms with Gasteiger partial charge in [0.25, 0.3) is 5.91 Å². The molecule has 1 aromatic carbocycles. The van der Waals surface area contributed by atoms with Crippen LogP contribution in [0.3, 0.4) is 0 Å². The summed E-state index contributed by atoms with van der Waals surface area (Å²) in [6, 6.07) is 4.25. The monoisotopic (exact) mass is 347 g/mol. The van der Waals surface area contributed by atoms with E-state index in [1.54, 1.807) is 30.2 Å². The second-order valence-electron chi connectivity index (χ2n) is 5.84. The molecule has 0 aliphatic carbocycles. The van der Waals surface area contributed by atoms with Gasteiger partial charge >= 0.3 is 6.03 Å². The molecular weight excluding hydrogens is 326 g/mol. The van der Waals surface area contributed by atoms with Crippen molar-refractivity contribution >= 4 is 11.9 Å². The summed E-state index contributed by atoms with van der Waals surface area (Å²) in [7, 11) is 3.09. The summed E-state index contributed by atoms with van der Waals surface area (Å²) < 4.78 is 10.7. The van der Waals surface area contributed by atoms with E-state index in [9.17, 15) is 9.59 Å². The maximum atomic E-state index is 12.8. The first-order chi connectivity index (χ1) is 12.1. The lowest BCUT2D eigenvalue weighted by molar-refractivity contribution is -0.125. The normalized spacial score (nSPS) is 19.5. The lowest BCUT2D eigenvalue weighted by atomic mass is 9.95. The fourth-order valence-electron chi connectivity index (χ4n) is 3.17. The van der Waals surface area contributed by atoms with Crippen LogP contribution in [-0.2, 0) is 4.79 Å². The molecule has 25 heavy (non-hydrogen) atoms. The van der Waals surface area contributed by atoms with Gasteiger partial charge in [-0.15, -0.1) is 0 Å². The summed E-state index contributed by atoms with van der Waals surface area (Å²) in [5, 5.41) is 14.5. The van der Waals surface area contributed by atoms with E-state index in [4.69, 9.17) is 14.6 Å². The Morgan fingerprint density at radius 1 is 1.28 bits per heavy atom. The van der Waals surface area contributed by atoms with Crippen molar-refractivity contribution in [1.82, 2.24) is 15.5 Å². The van der Waals surface area contributed by atoms with Gasteiger partial charge in [-0.1, -0.05) is 0 Å². The quantitative estimate of drug-likeness (QED) is 0.697. The minimum absolute atomic E-state index is 0.00614. The van der Waals surface area contributed by atoms with Crippen molar-refractivity contribution in [3.8, 4) is 11.5 Å². The zero-order chi connectivity index (χ0) is 18.0. The molecule has 3 rings (SSSR count). The van der Waals surface area contributed by atoms with Crippen LogP contribution in [0.4, 0.5) is 4.79 Å². The van der Waals surface area contributed by atoms with Crippen LogP contribution < -0.4 is 20.1 Å². The summed E-state index contributed by atoms with van der Waals surface area (Å²) in [5.74, 6) is 1.00. The third-order valence-corrected chi connectivity index (χ3v) is 4.35. The number of nitrogens with zero attached hydrogens (tertiary/aromatic N) is 1. The van der Waals surface area contributed by atoms with Gasteiger partial charge < -0.3 is 30.1 Å². The molecule has 1 unspecified atom stereocenters. The summed E-state index contributed by atoms with van der Waals surface area (Å²) in [5.41, 5.74) is 1.73. The Balaban J connectivity index is 2.00. The van der Waals surface area contributed by atoms with E-state index in [1.165, 1.54) is 7.11 Å². The van der Waals surface area contributed by atoms with Crippen molar-refractivity contribution in [3.05, 3.63) is 35.0 Å². The molecule has 2 heterocycles. The first kappa shape index (κ1) is 17.1. The highest BCUT2D eigenvalue weighted by Crippen LogP contribution is 2.38. The largest absolute Gasteiger partial charge is 0.497 e. The van der Waals surface area contributed by atoms with Gasteiger partial charge in [-0.05, 0) is 24.6 Å². The van der Waals surface area contributed by atoms with Gasteiger partial charge in [0.05, 0.1) is 38.1 Å². The van der Waals surface area contributed by atoms with E-state index in [2.05, 4.69) is 10.6 Å². The molecule has 0 saturated heterocycles. The van der Waals surface area contributed by atoms with Crippen molar-refractivity contribution in [2.45, 2.75) is 12.5 Å². The van der Waals surface area contributed by atoms with E-state index in [1.807, 2.05) is 0 Å². The lowest BCUT2D eigenvalue weighted by Crippen LogP contribution is -2.44. The highest BCUT2D eigenvalue weighted by atomic mass is 16.5. The Morgan fingerprint density at radius 3 is 2.76 bits per heavy atom. The molecule has 0 bridgehead atoms. The van der Waals surface area contributed by atoms with Crippen LogP contribution in [-0.4, -0.2) is 55.9 Å². The zero-order valence-electron chi connectivity index (χ0n) is 14.2. The number of aliphatic hydroxyl groups excluding tert-OH is 1. The van der Waals surface area contributed by atoms with Gasteiger partial charge in [-0.25, -0.2) is 4.79 Å². The third kappa shape index (κ3) is 3.12. The molecule has 0 aromatic heterocycles. The number of nitrogens with one attached hydrogen (secondary N) is 2. The molecule has 134 valence electrons. The van der Waals surface area contributed by atoms with Crippen LogP contribution in [0.2, 0.25) is 0 Å². The molecule has 0 fully saturated rings. The van der Waals surface area contributed by atoms with E-state index >= 15 is 0 Å². The van der Waals surface area contributed by atoms with Gasteiger partial charge in [-0.2, -0.15) is 0 Å². The summed E-state index contributed by atoms with van der Waals surface area (Å²) in [4.78, 5) is 26.5. The SMILES string of the molecule is COc1ccc(OC)c(C2NC(=O)NC3=C2C(=O)N(CCCO)C3)c1. The number of benzene rings is 1.